The summed E-state index contributed by atoms with van der Waals surface area (Å²) in [6, 6.07) is 0. The number of carbonyl (C=O) groups excluding carboxylic acids is 1. The molecule has 7 heteroatoms. The maximum Gasteiger partial charge on any atom is 0.221 e. The number of rotatable bonds is 8. The van der Waals surface area contributed by atoms with E-state index in [1.54, 1.807) is 0 Å². The van der Waals surface area contributed by atoms with Crippen LogP contribution in [0.3, 0.4) is 0 Å². The molecule has 0 aromatic rings. The second-order valence-corrected chi connectivity index (χ2v) is 7.47. The summed E-state index contributed by atoms with van der Waals surface area (Å²) in [5.41, 5.74) is -0.0483. The van der Waals surface area contributed by atoms with Crippen molar-refractivity contribution in [3.63, 3.8) is 0 Å². The number of hydrogen-bond acceptors (Lipinski definition) is 4. The first-order valence-electron chi connectivity index (χ1n) is 7.27. The van der Waals surface area contributed by atoms with Crippen LogP contribution in [0.25, 0.3) is 0 Å². The van der Waals surface area contributed by atoms with E-state index in [0.717, 1.165) is 19.1 Å². The lowest BCUT2D eigenvalue weighted by molar-refractivity contribution is -0.122. The van der Waals surface area contributed by atoms with E-state index in [2.05, 4.69) is 15.4 Å². The average Bonchev–Trinajstić information content (AvgIpc) is 2.38. The summed E-state index contributed by atoms with van der Waals surface area (Å²) in [5, 5.41) is 6.18. The van der Waals surface area contributed by atoms with Crippen LogP contribution in [0.4, 0.5) is 0 Å². The van der Waals surface area contributed by atoms with Crippen molar-refractivity contribution in [1.29, 1.82) is 0 Å². The molecule has 0 aromatic carbocycles. The molecule has 1 rings (SSSR count). The molecule has 0 unspecified atom stereocenters. The highest BCUT2D eigenvalue weighted by molar-refractivity contribution is 7.88. The van der Waals surface area contributed by atoms with Crippen molar-refractivity contribution in [2.24, 2.45) is 0 Å². The molecule has 0 bridgehead atoms. The van der Waals surface area contributed by atoms with Crippen molar-refractivity contribution < 1.29 is 13.2 Å². The SMILES string of the molecule is CNC1(CC(=O)NCCCNS(C)(=O)=O)CCCCC1. The molecule has 20 heavy (non-hydrogen) atoms. The van der Waals surface area contributed by atoms with Crippen LogP contribution in [0.5, 0.6) is 0 Å². The Morgan fingerprint density at radius 1 is 1.15 bits per heavy atom. The first-order valence-corrected chi connectivity index (χ1v) is 9.16. The maximum absolute atomic E-state index is 11.9. The Labute approximate surface area is 122 Å². The predicted octanol–water partition coefficient (Wildman–Crippen LogP) is 0.354. The van der Waals surface area contributed by atoms with Crippen LogP contribution in [0, 0.1) is 0 Å². The minimum absolute atomic E-state index is 0.0422. The van der Waals surface area contributed by atoms with Crippen LogP contribution in [0.1, 0.15) is 44.9 Å². The predicted molar refractivity (Wildman–Crippen MR) is 80.0 cm³/mol. The van der Waals surface area contributed by atoms with Gasteiger partial charge in [0.1, 0.15) is 0 Å². The van der Waals surface area contributed by atoms with Crippen LogP contribution in [-0.2, 0) is 14.8 Å². The highest BCUT2D eigenvalue weighted by Gasteiger charge is 2.32. The standard InChI is InChI=1S/C13H27N3O3S/c1-14-13(7-4-3-5-8-13)11-12(17)15-9-6-10-16-20(2,18)19/h14,16H,3-11H2,1-2H3,(H,15,17). The monoisotopic (exact) mass is 305 g/mol. The Bertz CT molecular complexity index is 403. The van der Waals surface area contributed by atoms with E-state index >= 15 is 0 Å². The lowest BCUT2D eigenvalue weighted by Crippen LogP contribution is -2.48. The van der Waals surface area contributed by atoms with Crippen LogP contribution >= 0.6 is 0 Å². The number of hydrogen-bond donors (Lipinski definition) is 3. The Kier molecular flexibility index (Phi) is 6.91. The Hall–Kier alpha value is -0.660. The van der Waals surface area contributed by atoms with Gasteiger partial charge in [-0.2, -0.15) is 0 Å². The normalized spacial score (nSPS) is 18.7. The molecular formula is C13H27N3O3S. The van der Waals surface area contributed by atoms with Crippen molar-refractivity contribution >= 4 is 15.9 Å². The summed E-state index contributed by atoms with van der Waals surface area (Å²) in [5.74, 6) is 0.0422. The number of carbonyl (C=O) groups is 1. The van der Waals surface area contributed by atoms with Gasteiger partial charge in [0.15, 0.2) is 0 Å². The van der Waals surface area contributed by atoms with Crippen molar-refractivity contribution in [1.82, 2.24) is 15.4 Å². The first-order chi connectivity index (χ1) is 9.37. The summed E-state index contributed by atoms with van der Waals surface area (Å²) in [6.45, 7) is 0.859. The molecule has 0 heterocycles. The van der Waals surface area contributed by atoms with Gasteiger partial charge < -0.3 is 10.6 Å². The molecule has 0 aliphatic heterocycles. The van der Waals surface area contributed by atoms with Crippen molar-refractivity contribution in [2.75, 3.05) is 26.4 Å². The summed E-state index contributed by atoms with van der Waals surface area (Å²) < 4.78 is 24.1. The lowest BCUT2D eigenvalue weighted by atomic mass is 9.79. The topological polar surface area (TPSA) is 87.3 Å². The largest absolute Gasteiger partial charge is 0.356 e. The molecule has 0 spiro atoms. The van der Waals surface area contributed by atoms with E-state index in [1.165, 1.54) is 19.3 Å². The zero-order chi connectivity index (χ0) is 15.1. The molecule has 0 aromatic heterocycles. The van der Waals surface area contributed by atoms with Gasteiger partial charge in [0.2, 0.25) is 15.9 Å². The molecule has 3 N–H and O–H groups in total. The third-order valence-electron chi connectivity index (χ3n) is 3.88. The van der Waals surface area contributed by atoms with Crippen LogP contribution in [0.15, 0.2) is 0 Å². The molecule has 1 fully saturated rings. The zero-order valence-corrected chi connectivity index (χ0v) is 13.3. The van der Waals surface area contributed by atoms with Crippen LogP contribution < -0.4 is 15.4 Å². The highest BCUT2D eigenvalue weighted by Crippen LogP contribution is 2.30. The minimum atomic E-state index is -3.13. The van der Waals surface area contributed by atoms with Crippen molar-refractivity contribution in [2.45, 2.75) is 50.5 Å². The van der Waals surface area contributed by atoms with Gasteiger partial charge in [-0.3, -0.25) is 4.79 Å². The summed E-state index contributed by atoms with van der Waals surface area (Å²) >= 11 is 0. The number of amides is 1. The van der Waals surface area contributed by atoms with E-state index in [4.69, 9.17) is 0 Å². The van der Waals surface area contributed by atoms with Gasteiger partial charge >= 0.3 is 0 Å². The van der Waals surface area contributed by atoms with E-state index in [9.17, 15) is 13.2 Å². The fourth-order valence-electron chi connectivity index (χ4n) is 2.69. The molecule has 1 amide bonds. The van der Waals surface area contributed by atoms with Crippen molar-refractivity contribution in [3.8, 4) is 0 Å². The number of sulfonamides is 1. The van der Waals surface area contributed by atoms with Crippen LogP contribution in [0.2, 0.25) is 0 Å². The van der Waals surface area contributed by atoms with Gasteiger partial charge in [-0.1, -0.05) is 19.3 Å². The summed E-state index contributed by atoms with van der Waals surface area (Å²) in [4.78, 5) is 11.9. The zero-order valence-electron chi connectivity index (χ0n) is 12.5. The van der Waals surface area contributed by atoms with Gasteiger partial charge in [-0.15, -0.1) is 0 Å². The average molecular weight is 305 g/mol. The lowest BCUT2D eigenvalue weighted by Gasteiger charge is -2.36. The number of nitrogens with one attached hydrogen (secondary N) is 3. The van der Waals surface area contributed by atoms with Gasteiger partial charge in [-0.05, 0) is 26.3 Å². The van der Waals surface area contributed by atoms with E-state index in [1.807, 2.05) is 7.05 Å². The van der Waals surface area contributed by atoms with E-state index in [-0.39, 0.29) is 11.4 Å². The second-order valence-electron chi connectivity index (χ2n) is 5.64. The molecule has 0 atom stereocenters. The van der Waals surface area contributed by atoms with Gasteiger partial charge in [0, 0.05) is 25.0 Å². The highest BCUT2D eigenvalue weighted by atomic mass is 32.2. The van der Waals surface area contributed by atoms with Crippen LogP contribution in [-0.4, -0.2) is 46.3 Å². The molecule has 1 aliphatic rings. The van der Waals surface area contributed by atoms with E-state index < -0.39 is 10.0 Å². The Balaban J connectivity index is 2.22. The van der Waals surface area contributed by atoms with Gasteiger partial charge in [0.05, 0.1) is 6.26 Å². The molecule has 1 aliphatic carbocycles. The fraction of sp³-hybridized carbons (Fsp3) is 0.923. The minimum Gasteiger partial charge on any atom is -0.356 e. The summed E-state index contributed by atoms with van der Waals surface area (Å²) in [6.07, 6.45) is 7.93. The Morgan fingerprint density at radius 3 is 2.35 bits per heavy atom. The summed E-state index contributed by atoms with van der Waals surface area (Å²) in [7, 11) is -1.21. The van der Waals surface area contributed by atoms with Crippen molar-refractivity contribution in [3.05, 3.63) is 0 Å². The molecular weight excluding hydrogens is 278 g/mol. The quantitative estimate of drug-likeness (QED) is 0.565. The maximum atomic E-state index is 11.9. The molecule has 118 valence electrons. The molecule has 6 nitrogen and oxygen atoms in total. The van der Waals surface area contributed by atoms with Gasteiger partial charge in [0.25, 0.3) is 0 Å². The third-order valence-corrected chi connectivity index (χ3v) is 4.61. The van der Waals surface area contributed by atoms with E-state index in [0.29, 0.717) is 25.9 Å². The Morgan fingerprint density at radius 2 is 1.80 bits per heavy atom. The first kappa shape index (κ1) is 17.4. The third kappa shape index (κ3) is 6.67. The molecule has 0 saturated heterocycles. The molecule has 1 saturated carbocycles. The fourth-order valence-corrected chi connectivity index (χ4v) is 3.20. The van der Waals surface area contributed by atoms with Gasteiger partial charge in [-0.25, -0.2) is 13.1 Å². The smallest absolute Gasteiger partial charge is 0.221 e. The molecule has 0 radical (unpaired) electrons. The second kappa shape index (κ2) is 7.95.